The molecular weight excluding hydrogens is 420 g/mol. The molecule has 1 saturated heterocycles. The van der Waals surface area contributed by atoms with Crippen molar-refractivity contribution < 1.29 is 24.2 Å². The maximum absolute atomic E-state index is 12.4. The average Bonchev–Trinajstić information content (AvgIpc) is 3.15. The van der Waals surface area contributed by atoms with Gasteiger partial charge >= 0.3 is 5.97 Å². The van der Waals surface area contributed by atoms with Crippen LogP contribution in [0.4, 0.5) is 0 Å². The summed E-state index contributed by atoms with van der Waals surface area (Å²) < 4.78 is 5.38. The van der Waals surface area contributed by atoms with Crippen molar-refractivity contribution in [1.29, 1.82) is 0 Å². The zero-order chi connectivity index (χ0) is 22.8. The summed E-state index contributed by atoms with van der Waals surface area (Å²) in [5.74, 6) is -1.47. The molecule has 1 fully saturated rings. The second kappa shape index (κ2) is 12.7. The van der Waals surface area contributed by atoms with Crippen molar-refractivity contribution in [3.8, 4) is 0 Å². The maximum atomic E-state index is 12.4. The summed E-state index contributed by atoms with van der Waals surface area (Å²) in [5, 5.41) is 13.7. The van der Waals surface area contributed by atoms with Gasteiger partial charge in [-0.1, -0.05) is 44.2 Å². The van der Waals surface area contributed by atoms with Crippen molar-refractivity contribution in [3.63, 3.8) is 0 Å². The van der Waals surface area contributed by atoms with Crippen molar-refractivity contribution in [1.82, 2.24) is 10.2 Å². The highest BCUT2D eigenvalue weighted by Gasteiger charge is 2.31. The molecule has 0 aromatic heterocycles. The summed E-state index contributed by atoms with van der Waals surface area (Å²) in [7, 11) is 0. The fraction of sp³-hybridized carbons (Fsp3) is 0.609. The van der Waals surface area contributed by atoms with Gasteiger partial charge in [-0.3, -0.25) is 14.4 Å². The molecule has 31 heavy (non-hydrogen) atoms. The number of amides is 2. The SMILES string of the molecule is CC(C)C[C@H](CC(=O)OCc1ccccc1)C(O)CN(C[C@@H]1CCNC1=O)C(=O)CCl. The molecule has 1 unspecified atom stereocenters. The molecule has 1 aromatic carbocycles. The second-order valence-electron chi connectivity index (χ2n) is 8.52. The number of carbonyl (C=O) groups excluding carboxylic acids is 3. The number of nitrogens with zero attached hydrogens (tertiary/aromatic N) is 1. The Hall–Kier alpha value is -2.12. The number of hydrogen-bond acceptors (Lipinski definition) is 5. The van der Waals surface area contributed by atoms with Gasteiger partial charge in [0.05, 0.1) is 18.4 Å². The molecule has 8 heteroatoms. The standard InChI is InChI=1S/C23H33ClN2O5/c1-16(2)10-19(11-22(29)31-15-17-6-4-3-5-7-17)20(27)14-26(21(28)12-24)13-18-8-9-25-23(18)30/h3-7,16,18-20,27H,8-15H2,1-2H3,(H,25,30)/t18-,19+,20?/m0/s1. The van der Waals surface area contributed by atoms with Crippen molar-refractivity contribution in [2.24, 2.45) is 17.8 Å². The van der Waals surface area contributed by atoms with E-state index < -0.39 is 6.10 Å². The number of nitrogens with one attached hydrogen (secondary N) is 1. The zero-order valence-corrected chi connectivity index (χ0v) is 19.0. The Bertz CT molecular complexity index is 728. The number of halogens is 1. The van der Waals surface area contributed by atoms with Crippen LogP contribution in [0.3, 0.4) is 0 Å². The first-order valence-electron chi connectivity index (χ1n) is 10.8. The first-order chi connectivity index (χ1) is 14.8. The molecule has 1 heterocycles. The van der Waals surface area contributed by atoms with Gasteiger partial charge in [0.2, 0.25) is 11.8 Å². The molecule has 1 aliphatic rings. The monoisotopic (exact) mass is 452 g/mol. The van der Waals surface area contributed by atoms with Crippen molar-refractivity contribution in [3.05, 3.63) is 35.9 Å². The fourth-order valence-corrected chi connectivity index (χ4v) is 3.98. The van der Waals surface area contributed by atoms with Crippen LogP contribution in [0.15, 0.2) is 30.3 Å². The predicted molar refractivity (Wildman–Crippen MR) is 118 cm³/mol. The molecule has 0 aliphatic carbocycles. The lowest BCUT2D eigenvalue weighted by Crippen LogP contribution is -2.45. The van der Waals surface area contributed by atoms with Crippen LogP contribution in [0.1, 0.15) is 38.7 Å². The van der Waals surface area contributed by atoms with Gasteiger partial charge in [-0.2, -0.15) is 0 Å². The summed E-state index contributed by atoms with van der Waals surface area (Å²) in [6.07, 6.45) is 0.374. The van der Waals surface area contributed by atoms with E-state index in [-0.39, 0.29) is 67.5 Å². The highest BCUT2D eigenvalue weighted by molar-refractivity contribution is 6.27. The van der Waals surface area contributed by atoms with E-state index in [4.69, 9.17) is 16.3 Å². The van der Waals surface area contributed by atoms with Gasteiger partial charge < -0.3 is 20.1 Å². The third kappa shape index (κ3) is 8.50. The van der Waals surface area contributed by atoms with Crippen LogP contribution in [0.5, 0.6) is 0 Å². The molecule has 0 radical (unpaired) electrons. The summed E-state index contributed by atoms with van der Waals surface area (Å²) in [4.78, 5) is 38.1. The molecule has 172 valence electrons. The summed E-state index contributed by atoms with van der Waals surface area (Å²) in [6.45, 7) is 5.02. The largest absolute Gasteiger partial charge is 0.461 e. The Balaban J connectivity index is 1.98. The molecule has 0 spiro atoms. The van der Waals surface area contributed by atoms with E-state index in [0.29, 0.717) is 19.4 Å². The lowest BCUT2D eigenvalue weighted by Gasteiger charge is -2.31. The van der Waals surface area contributed by atoms with Gasteiger partial charge in [0.15, 0.2) is 0 Å². The lowest BCUT2D eigenvalue weighted by atomic mass is 9.89. The highest BCUT2D eigenvalue weighted by atomic mass is 35.5. The van der Waals surface area contributed by atoms with E-state index in [1.54, 1.807) is 0 Å². The first-order valence-corrected chi connectivity index (χ1v) is 11.3. The molecule has 2 amide bonds. The van der Waals surface area contributed by atoms with Gasteiger partial charge in [-0.25, -0.2) is 0 Å². The molecule has 2 rings (SSSR count). The number of alkyl halides is 1. The molecule has 0 bridgehead atoms. The van der Waals surface area contributed by atoms with E-state index in [1.807, 2.05) is 44.2 Å². The van der Waals surface area contributed by atoms with Crippen LogP contribution in [0.25, 0.3) is 0 Å². The Morgan fingerprint density at radius 1 is 1.29 bits per heavy atom. The van der Waals surface area contributed by atoms with Gasteiger partial charge in [0, 0.05) is 19.6 Å². The third-order valence-electron chi connectivity index (χ3n) is 5.47. The third-order valence-corrected chi connectivity index (χ3v) is 5.70. The number of ether oxygens (including phenoxy) is 1. The minimum Gasteiger partial charge on any atom is -0.461 e. The fourth-order valence-electron chi connectivity index (χ4n) is 3.82. The topological polar surface area (TPSA) is 95.9 Å². The minimum atomic E-state index is -0.927. The Morgan fingerprint density at radius 3 is 2.58 bits per heavy atom. The summed E-state index contributed by atoms with van der Waals surface area (Å²) in [6, 6.07) is 9.40. The zero-order valence-electron chi connectivity index (χ0n) is 18.3. The number of carbonyl (C=O) groups is 3. The second-order valence-corrected chi connectivity index (χ2v) is 8.78. The number of benzene rings is 1. The van der Waals surface area contributed by atoms with Crippen molar-refractivity contribution in [2.75, 3.05) is 25.5 Å². The van der Waals surface area contributed by atoms with Crippen LogP contribution in [-0.4, -0.2) is 59.4 Å². The average molecular weight is 453 g/mol. The molecule has 0 saturated carbocycles. The number of rotatable bonds is 12. The number of esters is 1. The van der Waals surface area contributed by atoms with Crippen LogP contribution in [-0.2, 0) is 25.7 Å². The Labute approximate surface area is 189 Å². The van der Waals surface area contributed by atoms with Gasteiger partial charge in [-0.15, -0.1) is 11.6 Å². The molecule has 2 N–H and O–H groups in total. The minimum absolute atomic E-state index is 0.0265. The molecule has 3 atom stereocenters. The van der Waals surface area contributed by atoms with Crippen LogP contribution >= 0.6 is 11.6 Å². The van der Waals surface area contributed by atoms with E-state index in [9.17, 15) is 19.5 Å². The molecule has 1 aliphatic heterocycles. The van der Waals surface area contributed by atoms with E-state index in [0.717, 1.165) is 5.56 Å². The van der Waals surface area contributed by atoms with Crippen LogP contribution < -0.4 is 5.32 Å². The molecule has 1 aromatic rings. The Kier molecular flexibility index (Phi) is 10.3. The lowest BCUT2D eigenvalue weighted by molar-refractivity contribution is -0.147. The number of aliphatic hydroxyl groups is 1. The van der Waals surface area contributed by atoms with Crippen LogP contribution in [0, 0.1) is 17.8 Å². The highest BCUT2D eigenvalue weighted by Crippen LogP contribution is 2.22. The van der Waals surface area contributed by atoms with E-state index in [1.165, 1.54) is 4.90 Å². The molecular formula is C23H33ClN2O5. The quantitative estimate of drug-likeness (QED) is 0.375. The summed E-state index contributed by atoms with van der Waals surface area (Å²) in [5.41, 5.74) is 0.894. The number of aliphatic hydroxyl groups excluding tert-OH is 1. The summed E-state index contributed by atoms with van der Waals surface area (Å²) >= 11 is 5.75. The van der Waals surface area contributed by atoms with Gasteiger partial charge in [0.1, 0.15) is 12.5 Å². The first kappa shape index (κ1) is 25.1. The van der Waals surface area contributed by atoms with Gasteiger partial charge in [0.25, 0.3) is 0 Å². The number of hydrogen-bond donors (Lipinski definition) is 2. The van der Waals surface area contributed by atoms with Crippen molar-refractivity contribution in [2.45, 2.75) is 45.8 Å². The van der Waals surface area contributed by atoms with E-state index in [2.05, 4.69) is 5.32 Å². The predicted octanol–water partition coefficient (Wildman–Crippen LogP) is 2.35. The van der Waals surface area contributed by atoms with Crippen molar-refractivity contribution >= 4 is 29.4 Å². The van der Waals surface area contributed by atoms with Crippen LogP contribution in [0.2, 0.25) is 0 Å². The van der Waals surface area contributed by atoms with Gasteiger partial charge in [-0.05, 0) is 30.2 Å². The normalized spacial score (nSPS) is 17.8. The smallest absolute Gasteiger partial charge is 0.306 e. The van der Waals surface area contributed by atoms with E-state index >= 15 is 0 Å². The maximum Gasteiger partial charge on any atom is 0.306 e. The molecule has 7 nitrogen and oxygen atoms in total. The Morgan fingerprint density at radius 2 is 2.00 bits per heavy atom.